The Morgan fingerprint density at radius 3 is 2.73 bits per heavy atom. The summed E-state index contributed by atoms with van der Waals surface area (Å²) in [5.74, 6) is 7.43. The second kappa shape index (κ2) is 8.56. The highest BCUT2D eigenvalue weighted by Crippen LogP contribution is 2.65. The van der Waals surface area contributed by atoms with Crippen LogP contribution in [0.3, 0.4) is 0 Å². The minimum absolute atomic E-state index is 0.556. The van der Waals surface area contributed by atoms with Gasteiger partial charge in [0.15, 0.2) is 0 Å². The molecule has 9 atom stereocenters. The zero-order valence-electron chi connectivity index (χ0n) is 19.5. The van der Waals surface area contributed by atoms with Gasteiger partial charge in [0.2, 0.25) is 0 Å². The maximum atomic E-state index is 5.79. The molecule has 1 aromatic heterocycles. The first-order valence-corrected chi connectivity index (χ1v) is 13.0. The van der Waals surface area contributed by atoms with Gasteiger partial charge in [0.1, 0.15) is 0 Å². The molecule has 4 nitrogen and oxygen atoms in total. The average Bonchev–Trinajstić information content (AvgIpc) is 3.38. The maximum absolute atomic E-state index is 5.79. The molecule has 0 amide bonds. The molecule has 0 aromatic carbocycles. The fraction of sp³-hybridized carbons (Fsp3) is 0.923. The Morgan fingerprint density at radius 2 is 1.93 bits per heavy atom. The van der Waals surface area contributed by atoms with Crippen LogP contribution in [-0.4, -0.2) is 28.2 Å². The molecule has 4 saturated carbocycles. The molecule has 0 radical (unpaired) electrons. The lowest BCUT2D eigenvalue weighted by molar-refractivity contribution is -0.0786. The first-order chi connectivity index (χ1) is 14.6. The van der Waals surface area contributed by atoms with E-state index in [0.717, 1.165) is 61.2 Å². The third-order valence-corrected chi connectivity index (χ3v) is 10.3. The van der Waals surface area contributed by atoms with Crippen molar-refractivity contribution in [3.63, 3.8) is 0 Å². The molecule has 0 N–H and O–H groups in total. The van der Waals surface area contributed by atoms with Crippen LogP contribution in [0.5, 0.6) is 0 Å². The molecule has 0 saturated heterocycles. The number of hydrogen-bond acceptors (Lipinski definition) is 3. The third kappa shape index (κ3) is 3.65. The quantitative estimate of drug-likeness (QED) is 0.588. The van der Waals surface area contributed by atoms with Gasteiger partial charge in [-0.1, -0.05) is 19.1 Å². The molecular weight excluding hydrogens is 370 g/mol. The lowest BCUT2D eigenvalue weighted by Gasteiger charge is -2.57. The lowest BCUT2D eigenvalue weighted by atomic mass is 9.49. The maximum Gasteiger partial charge on any atom is 0.0692 e. The molecule has 4 fully saturated rings. The molecule has 0 spiro atoms. The average molecular weight is 414 g/mol. The summed E-state index contributed by atoms with van der Waals surface area (Å²) in [7, 11) is 0. The van der Waals surface area contributed by atoms with Gasteiger partial charge >= 0.3 is 0 Å². The normalized spacial score (nSPS) is 44.2. The van der Waals surface area contributed by atoms with Crippen molar-refractivity contribution in [1.29, 1.82) is 0 Å². The summed E-state index contributed by atoms with van der Waals surface area (Å²) in [4.78, 5) is 0. The molecule has 4 heteroatoms. The number of ether oxygens (including phenoxy) is 1. The summed E-state index contributed by atoms with van der Waals surface area (Å²) in [6, 6.07) is 0. The van der Waals surface area contributed by atoms with Gasteiger partial charge in [0, 0.05) is 26.0 Å². The second-order valence-electron chi connectivity index (χ2n) is 11.6. The predicted octanol–water partition coefficient (Wildman–Crippen LogP) is 5.84. The minimum atomic E-state index is 0.556. The monoisotopic (exact) mass is 413 g/mol. The molecule has 30 heavy (non-hydrogen) atoms. The Bertz CT molecular complexity index is 690. The van der Waals surface area contributed by atoms with Crippen molar-refractivity contribution >= 4 is 0 Å². The molecule has 3 unspecified atom stereocenters. The van der Waals surface area contributed by atoms with E-state index in [2.05, 4.69) is 35.8 Å². The van der Waals surface area contributed by atoms with Crippen molar-refractivity contribution in [1.82, 2.24) is 15.0 Å². The van der Waals surface area contributed by atoms with E-state index < -0.39 is 0 Å². The van der Waals surface area contributed by atoms with Crippen LogP contribution in [0.25, 0.3) is 0 Å². The predicted molar refractivity (Wildman–Crippen MR) is 120 cm³/mol. The molecule has 4 aliphatic rings. The highest BCUT2D eigenvalue weighted by atomic mass is 16.5. The van der Waals surface area contributed by atoms with Gasteiger partial charge < -0.3 is 4.74 Å². The van der Waals surface area contributed by atoms with E-state index in [-0.39, 0.29) is 0 Å². The van der Waals surface area contributed by atoms with Crippen LogP contribution in [0.4, 0.5) is 0 Å². The van der Waals surface area contributed by atoms with Crippen LogP contribution in [-0.2, 0) is 11.3 Å². The zero-order chi connectivity index (χ0) is 20.7. The molecule has 0 aliphatic heterocycles. The number of rotatable bonds is 6. The van der Waals surface area contributed by atoms with Crippen molar-refractivity contribution in [3.05, 3.63) is 12.4 Å². The zero-order valence-corrected chi connectivity index (χ0v) is 19.5. The van der Waals surface area contributed by atoms with Gasteiger partial charge in [-0.15, -0.1) is 5.10 Å². The summed E-state index contributed by atoms with van der Waals surface area (Å²) >= 11 is 0. The number of hydrogen-bond donors (Lipinski definition) is 0. The standard InChI is InChI=1S/C26H43N3O/c1-4-30-17-19-5-7-21-20(15-19)6-8-23-22(21)11-12-26(3)24(9-10-25(23)26)18(2)16-29-14-13-27-28-29/h13-14,18-25H,4-12,15-17H2,1-3H3/t18-,19-,20+,21-,22?,23+,24?,25?,26+/m0/s1. The lowest BCUT2D eigenvalue weighted by Crippen LogP contribution is -2.49. The number of aromatic nitrogens is 3. The van der Waals surface area contributed by atoms with Crippen LogP contribution in [0, 0.1) is 52.8 Å². The molecular formula is C26H43N3O. The van der Waals surface area contributed by atoms with Crippen LogP contribution < -0.4 is 0 Å². The molecule has 0 bridgehead atoms. The summed E-state index contributed by atoms with van der Waals surface area (Å²) in [5.41, 5.74) is 0.556. The Hall–Kier alpha value is -0.900. The van der Waals surface area contributed by atoms with Crippen molar-refractivity contribution < 1.29 is 4.74 Å². The fourth-order valence-electron chi connectivity index (χ4n) is 9.11. The topological polar surface area (TPSA) is 39.9 Å². The van der Waals surface area contributed by atoms with Crippen LogP contribution >= 0.6 is 0 Å². The van der Waals surface area contributed by atoms with E-state index in [0.29, 0.717) is 11.3 Å². The van der Waals surface area contributed by atoms with Gasteiger partial charge in [-0.05, 0) is 117 Å². The molecule has 168 valence electrons. The first-order valence-electron chi connectivity index (χ1n) is 13.0. The van der Waals surface area contributed by atoms with Gasteiger partial charge in [-0.2, -0.15) is 0 Å². The molecule has 1 aromatic rings. The molecule has 1 heterocycles. The minimum Gasteiger partial charge on any atom is -0.381 e. The number of fused-ring (bicyclic) bond motifs is 5. The Kier molecular flexibility index (Phi) is 5.98. The Labute approximate surface area is 183 Å². The highest BCUT2D eigenvalue weighted by molar-refractivity contribution is 5.06. The van der Waals surface area contributed by atoms with E-state index in [1.165, 1.54) is 57.8 Å². The first kappa shape index (κ1) is 21.0. The second-order valence-corrected chi connectivity index (χ2v) is 11.6. The van der Waals surface area contributed by atoms with E-state index >= 15 is 0 Å². The van der Waals surface area contributed by atoms with E-state index in [4.69, 9.17) is 4.74 Å². The van der Waals surface area contributed by atoms with E-state index in [9.17, 15) is 0 Å². The van der Waals surface area contributed by atoms with Gasteiger partial charge in [0.25, 0.3) is 0 Å². The Morgan fingerprint density at radius 1 is 1.07 bits per heavy atom. The smallest absolute Gasteiger partial charge is 0.0692 e. The van der Waals surface area contributed by atoms with E-state index in [1.807, 2.05) is 12.4 Å². The molecule has 5 rings (SSSR count). The number of nitrogens with zero attached hydrogens (tertiary/aromatic N) is 3. The van der Waals surface area contributed by atoms with Crippen molar-refractivity contribution in [3.8, 4) is 0 Å². The van der Waals surface area contributed by atoms with E-state index in [1.54, 1.807) is 0 Å². The van der Waals surface area contributed by atoms with Gasteiger partial charge in [-0.25, -0.2) is 0 Å². The van der Waals surface area contributed by atoms with Crippen LogP contribution in [0.1, 0.15) is 78.6 Å². The highest BCUT2D eigenvalue weighted by Gasteiger charge is 2.57. The fourth-order valence-corrected chi connectivity index (χ4v) is 9.11. The summed E-state index contributed by atoms with van der Waals surface area (Å²) < 4.78 is 7.85. The summed E-state index contributed by atoms with van der Waals surface area (Å²) in [5, 5.41) is 8.27. The van der Waals surface area contributed by atoms with Crippen LogP contribution in [0.2, 0.25) is 0 Å². The molecule has 4 aliphatic carbocycles. The Balaban J connectivity index is 1.25. The van der Waals surface area contributed by atoms with Crippen molar-refractivity contribution in [2.45, 2.75) is 85.1 Å². The van der Waals surface area contributed by atoms with Crippen LogP contribution in [0.15, 0.2) is 12.4 Å². The van der Waals surface area contributed by atoms with Gasteiger partial charge in [-0.3, -0.25) is 4.68 Å². The summed E-state index contributed by atoms with van der Waals surface area (Å²) in [6.45, 7) is 10.2. The van der Waals surface area contributed by atoms with Crippen molar-refractivity contribution in [2.24, 2.45) is 52.8 Å². The summed E-state index contributed by atoms with van der Waals surface area (Å²) in [6.07, 6.45) is 17.1. The van der Waals surface area contributed by atoms with Crippen molar-refractivity contribution in [2.75, 3.05) is 13.2 Å². The largest absolute Gasteiger partial charge is 0.381 e. The third-order valence-electron chi connectivity index (χ3n) is 10.3. The van der Waals surface area contributed by atoms with Gasteiger partial charge in [0.05, 0.1) is 6.20 Å². The SMILES string of the molecule is CCOC[C@H]1CC[C@@H]2C3CC[C@@]4(C)C(CCC4[C@@H](C)Cn4ccnn4)[C@@H]3CC[C@@H]2C1.